The molecule has 3 heteroatoms. The molecule has 1 fully saturated rings. The van der Waals surface area contributed by atoms with Crippen molar-refractivity contribution in [2.45, 2.75) is 45.2 Å². The third-order valence-corrected chi connectivity index (χ3v) is 2.95. The molecule has 0 aromatic heterocycles. The monoisotopic (exact) mass is 210 g/mol. The first kappa shape index (κ1) is 12.2. The Balaban J connectivity index is 2.54. The lowest BCUT2D eigenvalue weighted by molar-refractivity contribution is -0.137. The molecule has 1 rings (SSSR count). The minimum Gasteiger partial charge on any atom is -0.335 e. The van der Waals surface area contributed by atoms with E-state index in [0.29, 0.717) is 0 Å². The number of rotatable bonds is 5. The van der Waals surface area contributed by atoms with Crippen molar-refractivity contribution in [3.63, 3.8) is 0 Å². The number of hydrogen-bond donors (Lipinski definition) is 1. The van der Waals surface area contributed by atoms with Crippen LogP contribution >= 0.6 is 0 Å². The van der Waals surface area contributed by atoms with E-state index in [1.807, 2.05) is 17.9 Å². The van der Waals surface area contributed by atoms with Crippen LogP contribution in [0.1, 0.15) is 33.1 Å². The summed E-state index contributed by atoms with van der Waals surface area (Å²) in [6, 6.07) is 0.185. The normalized spacial score (nSPS) is 24.0. The molecule has 3 nitrogen and oxygen atoms in total. The number of amides is 1. The first-order valence-corrected chi connectivity index (χ1v) is 5.87. The van der Waals surface area contributed by atoms with E-state index in [2.05, 4.69) is 18.8 Å². The van der Waals surface area contributed by atoms with Gasteiger partial charge in [-0.1, -0.05) is 13.0 Å². The topological polar surface area (TPSA) is 32.3 Å². The summed E-state index contributed by atoms with van der Waals surface area (Å²) in [5, 5.41) is 3.30. The lowest BCUT2D eigenvalue weighted by Crippen LogP contribution is -2.53. The first-order chi connectivity index (χ1) is 7.20. The first-order valence-electron chi connectivity index (χ1n) is 5.87. The number of piperidine rings is 1. The van der Waals surface area contributed by atoms with E-state index >= 15 is 0 Å². The van der Waals surface area contributed by atoms with E-state index in [9.17, 15) is 4.79 Å². The summed E-state index contributed by atoms with van der Waals surface area (Å²) in [4.78, 5) is 14.0. The molecule has 1 aliphatic rings. The van der Waals surface area contributed by atoms with Crippen LogP contribution in [0.15, 0.2) is 12.7 Å². The molecular formula is C12H22N2O. The molecule has 15 heavy (non-hydrogen) atoms. The summed E-state index contributed by atoms with van der Waals surface area (Å²) in [6.07, 6.45) is 4.96. The molecule has 1 N–H and O–H groups in total. The average molecular weight is 210 g/mol. The van der Waals surface area contributed by atoms with Gasteiger partial charge in [-0.25, -0.2) is 0 Å². The van der Waals surface area contributed by atoms with Gasteiger partial charge in [0.05, 0.1) is 6.04 Å². The highest BCUT2D eigenvalue weighted by molar-refractivity contribution is 5.83. The van der Waals surface area contributed by atoms with Crippen molar-refractivity contribution >= 4 is 5.91 Å². The van der Waals surface area contributed by atoms with E-state index in [1.165, 1.54) is 0 Å². The molecule has 1 heterocycles. The predicted molar refractivity (Wildman–Crippen MR) is 62.7 cm³/mol. The Labute approximate surface area is 92.5 Å². The van der Waals surface area contributed by atoms with Crippen LogP contribution in [-0.4, -0.2) is 36.0 Å². The minimum absolute atomic E-state index is 0.0288. The summed E-state index contributed by atoms with van der Waals surface area (Å²) in [5.74, 6) is 0.238. The zero-order valence-corrected chi connectivity index (χ0v) is 9.83. The lowest BCUT2D eigenvalue weighted by Gasteiger charge is -2.35. The number of nitrogens with zero attached hydrogens (tertiary/aromatic N) is 1. The Bertz CT molecular complexity index is 228. The van der Waals surface area contributed by atoms with Gasteiger partial charge in [0, 0.05) is 12.6 Å². The average Bonchev–Trinajstić information content (AvgIpc) is 2.27. The van der Waals surface area contributed by atoms with Crippen molar-refractivity contribution in [3.05, 3.63) is 12.7 Å². The highest BCUT2D eigenvalue weighted by Crippen LogP contribution is 2.15. The van der Waals surface area contributed by atoms with Gasteiger partial charge in [-0.15, -0.1) is 6.58 Å². The highest BCUT2D eigenvalue weighted by atomic mass is 16.2. The van der Waals surface area contributed by atoms with Gasteiger partial charge in [0.2, 0.25) is 5.91 Å². The van der Waals surface area contributed by atoms with Gasteiger partial charge in [0.15, 0.2) is 0 Å². The van der Waals surface area contributed by atoms with Crippen LogP contribution in [-0.2, 0) is 4.79 Å². The number of hydrogen-bond acceptors (Lipinski definition) is 2. The van der Waals surface area contributed by atoms with E-state index in [0.717, 1.165) is 32.4 Å². The van der Waals surface area contributed by atoms with Gasteiger partial charge < -0.3 is 10.2 Å². The van der Waals surface area contributed by atoms with Gasteiger partial charge in [-0.2, -0.15) is 0 Å². The molecule has 1 aliphatic heterocycles. The highest BCUT2D eigenvalue weighted by Gasteiger charge is 2.29. The molecule has 0 bridgehead atoms. The molecule has 2 unspecified atom stereocenters. The van der Waals surface area contributed by atoms with Crippen LogP contribution in [0.5, 0.6) is 0 Å². The molecule has 1 amide bonds. The predicted octanol–water partition coefficient (Wildman–Crippen LogP) is 1.55. The zero-order valence-electron chi connectivity index (χ0n) is 9.83. The maximum Gasteiger partial charge on any atom is 0.240 e. The van der Waals surface area contributed by atoms with Crippen LogP contribution < -0.4 is 5.32 Å². The maximum absolute atomic E-state index is 12.0. The van der Waals surface area contributed by atoms with Crippen LogP contribution in [0.2, 0.25) is 0 Å². The Morgan fingerprint density at radius 1 is 1.73 bits per heavy atom. The second-order valence-corrected chi connectivity index (χ2v) is 4.16. The zero-order chi connectivity index (χ0) is 11.3. The Morgan fingerprint density at radius 2 is 2.47 bits per heavy atom. The molecular weight excluding hydrogens is 188 g/mol. The van der Waals surface area contributed by atoms with E-state index in [-0.39, 0.29) is 18.0 Å². The number of carbonyl (C=O) groups is 1. The van der Waals surface area contributed by atoms with Crippen molar-refractivity contribution in [1.29, 1.82) is 0 Å². The van der Waals surface area contributed by atoms with Crippen LogP contribution in [0, 0.1) is 0 Å². The number of carbonyl (C=O) groups excluding carboxylic acids is 1. The minimum atomic E-state index is 0.0288. The standard InChI is InChI=1S/C12H22N2O/c1-4-8-13-11-7-6-9-14(12(11)15)10(3)5-2/h5,10-11,13H,2,4,6-9H2,1,3H3. The fraction of sp³-hybridized carbons (Fsp3) is 0.750. The summed E-state index contributed by atoms with van der Waals surface area (Å²) in [6.45, 7) is 9.67. The second-order valence-electron chi connectivity index (χ2n) is 4.16. The molecule has 2 atom stereocenters. The molecule has 0 aromatic rings. The Morgan fingerprint density at radius 3 is 3.07 bits per heavy atom. The molecule has 0 aliphatic carbocycles. The van der Waals surface area contributed by atoms with Gasteiger partial charge in [-0.3, -0.25) is 4.79 Å². The van der Waals surface area contributed by atoms with E-state index < -0.39 is 0 Å². The fourth-order valence-electron chi connectivity index (χ4n) is 1.94. The van der Waals surface area contributed by atoms with Crippen molar-refractivity contribution in [2.24, 2.45) is 0 Å². The van der Waals surface area contributed by atoms with Gasteiger partial charge in [0.1, 0.15) is 0 Å². The summed E-state index contributed by atoms with van der Waals surface area (Å²) < 4.78 is 0. The maximum atomic E-state index is 12.0. The van der Waals surface area contributed by atoms with Crippen molar-refractivity contribution in [2.75, 3.05) is 13.1 Å². The van der Waals surface area contributed by atoms with Crippen molar-refractivity contribution in [3.8, 4) is 0 Å². The Hall–Kier alpha value is -0.830. The van der Waals surface area contributed by atoms with Crippen LogP contribution in [0.3, 0.4) is 0 Å². The van der Waals surface area contributed by atoms with Crippen LogP contribution in [0.4, 0.5) is 0 Å². The van der Waals surface area contributed by atoms with Gasteiger partial charge >= 0.3 is 0 Å². The molecule has 0 radical (unpaired) electrons. The summed E-state index contributed by atoms with van der Waals surface area (Å²) >= 11 is 0. The van der Waals surface area contributed by atoms with E-state index in [1.54, 1.807) is 0 Å². The summed E-state index contributed by atoms with van der Waals surface area (Å²) in [5.41, 5.74) is 0. The molecule has 0 aromatic carbocycles. The largest absolute Gasteiger partial charge is 0.335 e. The molecule has 0 saturated carbocycles. The fourth-order valence-corrected chi connectivity index (χ4v) is 1.94. The third kappa shape index (κ3) is 3.06. The van der Waals surface area contributed by atoms with Crippen LogP contribution in [0.25, 0.3) is 0 Å². The van der Waals surface area contributed by atoms with E-state index in [4.69, 9.17) is 0 Å². The van der Waals surface area contributed by atoms with Crippen molar-refractivity contribution < 1.29 is 4.79 Å². The van der Waals surface area contributed by atoms with Gasteiger partial charge in [0.25, 0.3) is 0 Å². The lowest BCUT2D eigenvalue weighted by atomic mass is 10.0. The summed E-state index contributed by atoms with van der Waals surface area (Å²) in [7, 11) is 0. The molecule has 0 spiro atoms. The third-order valence-electron chi connectivity index (χ3n) is 2.95. The second kappa shape index (κ2) is 5.91. The Kier molecular flexibility index (Phi) is 4.82. The molecule has 1 saturated heterocycles. The molecule has 86 valence electrons. The van der Waals surface area contributed by atoms with Gasteiger partial charge in [-0.05, 0) is 32.7 Å². The van der Waals surface area contributed by atoms with Crippen molar-refractivity contribution in [1.82, 2.24) is 10.2 Å². The SMILES string of the molecule is C=CC(C)N1CCCC(NCCC)C1=O. The smallest absolute Gasteiger partial charge is 0.240 e. The number of likely N-dealkylation sites (tertiary alicyclic amines) is 1. The number of nitrogens with one attached hydrogen (secondary N) is 1. The quantitative estimate of drug-likeness (QED) is 0.698.